The van der Waals surface area contributed by atoms with Crippen molar-refractivity contribution in [1.29, 1.82) is 0 Å². The summed E-state index contributed by atoms with van der Waals surface area (Å²) in [6, 6.07) is 15.4. The van der Waals surface area contributed by atoms with Gasteiger partial charge in [-0.25, -0.2) is 4.98 Å². The summed E-state index contributed by atoms with van der Waals surface area (Å²) in [5.74, 6) is -0.103. The number of hydrogen-bond acceptors (Lipinski definition) is 4. The fourth-order valence-corrected chi connectivity index (χ4v) is 3.04. The average molecular weight is 337 g/mol. The molecule has 4 nitrogen and oxygen atoms in total. The van der Waals surface area contributed by atoms with E-state index in [0.29, 0.717) is 5.56 Å². The Hall–Kier alpha value is -2.50. The summed E-state index contributed by atoms with van der Waals surface area (Å²) < 4.78 is 0. The number of hydrogen-bond donors (Lipinski definition) is 1. The van der Waals surface area contributed by atoms with Gasteiger partial charge in [0.2, 0.25) is 0 Å². The van der Waals surface area contributed by atoms with Crippen LogP contribution in [0.2, 0.25) is 0 Å². The van der Waals surface area contributed by atoms with Crippen LogP contribution >= 0.6 is 11.3 Å². The number of thiazole rings is 1. The van der Waals surface area contributed by atoms with Crippen molar-refractivity contribution in [2.45, 2.75) is 6.54 Å². The molecule has 3 aromatic rings. The molecule has 0 saturated carbocycles. The van der Waals surface area contributed by atoms with Gasteiger partial charge in [-0.2, -0.15) is 0 Å². The minimum atomic E-state index is -0.103. The van der Waals surface area contributed by atoms with E-state index in [4.69, 9.17) is 0 Å². The largest absolute Gasteiger partial charge is 0.322 e. The van der Waals surface area contributed by atoms with E-state index >= 15 is 0 Å². The van der Waals surface area contributed by atoms with E-state index in [1.165, 1.54) is 5.56 Å². The maximum absolute atomic E-state index is 12.3. The topological polar surface area (TPSA) is 45.2 Å². The van der Waals surface area contributed by atoms with Crippen molar-refractivity contribution in [3.8, 4) is 10.6 Å². The predicted molar refractivity (Wildman–Crippen MR) is 99.3 cm³/mol. The molecule has 0 aliphatic rings. The van der Waals surface area contributed by atoms with Gasteiger partial charge in [-0.05, 0) is 56.1 Å². The van der Waals surface area contributed by atoms with E-state index in [-0.39, 0.29) is 5.91 Å². The molecule has 0 aliphatic heterocycles. The first-order chi connectivity index (χ1) is 11.6. The third-order valence-corrected chi connectivity index (χ3v) is 4.36. The lowest BCUT2D eigenvalue weighted by Crippen LogP contribution is -2.13. The van der Waals surface area contributed by atoms with Crippen molar-refractivity contribution in [1.82, 2.24) is 9.88 Å². The molecule has 0 radical (unpaired) electrons. The number of nitrogens with zero attached hydrogens (tertiary/aromatic N) is 2. The van der Waals surface area contributed by atoms with Crippen LogP contribution in [0, 0.1) is 0 Å². The van der Waals surface area contributed by atoms with E-state index in [0.717, 1.165) is 22.8 Å². The van der Waals surface area contributed by atoms with Gasteiger partial charge in [-0.1, -0.05) is 12.1 Å². The van der Waals surface area contributed by atoms with Crippen LogP contribution in [0.4, 0.5) is 5.69 Å². The second-order valence-corrected chi connectivity index (χ2v) is 6.70. The number of carbonyl (C=O) groups excluding carboxylic acids is 1. The van der Waals surface area contributed by atoms with Gasteiger partial charge < -0.3 is 10.2 Å². The molecule has 0 saturated heterocycles. The van der Waals surface area contributed by atoms with Crippen LogP contribution < -0.4 is 5.32 Å². The first-order valence-corrected chi connectivity index (χ1v) is 8.55. The second-order valence-electron chi connectivity index (χ2n) is 5.80. The van der Waals surface area contributed by atoms with E-state index in [2.05, 4.69) is 15.2 Å². The van der Waals surface area contributed by atoms with Crippen molar-refractivity contribution in [2.75, 3.05) is 19.4 Å². The molecule has 0 fully saturated rings. The Morgan fingerprint density at radius 3 is 2.38 bits per heavy atom. The molecule has 1 amide bonds. The normalized spacial score (nSPS) is 10.8. The lowest BCUT2D eigenvalue weighted by atomic mass is 10.1. The summed E-state index contributed by atoms with van der Waals surface area (Å²) in [4.78, 5) is 18.7. The Kier molecular flexibility index (Phi) is 5.03. The van der Waals surface area contributed by atoms with Crippen LogP contribution in [0.5, 0.6) is 0 Å². The summed E-state index contributed by atoms with van der Waals surface area (Å²) >= 11 is 1.60. The molecule has 5 heteroatoms. The van der Waals surface area contributed by atoms with Gasteiger partial charge >= 0.3 is 0 Å². The van der Waals surface area contributed by atoms with Crippen LogP contribution in [-0.4, -0.2) is 29.9 Å². The fraction of sp³-hybridized carbons (Fsp3) is 0.158. The van der Waals surface area contributed by atoms with Crippen LogP contribution in [0.3, 0.4) is 0 Å². The zero-order valence-electron chi connectivity index (χ0n) is 13.7. The quantitative estimate of drug-likeness (QED) is 0.761. The Balaban J connectivity index is 1.66. The highest BCUT2D eigenvalue weighted by Crippen LogP contribution is 2.23. The monoisotopic (exact) mass is 337 g/mol. The highest BCUT2D eigenvalue weighted by Gasteiger charge is 2.07. The highest BCUT2D eigenvalue weighted by atomic mass is 32.1. The third kappa shape index (κ3) is 4.07. The Morgan fingerprint density at radius 2 is 1.79 bits per heavy atom. The second kappa shape index (κ2) is 7.38. The molecule has 1 N–H and O–H groups in total. The Bertz CT molecular complexity index is 794. The molecule has 0 bridgehead atoms. The lowest BCUT2D eigenvalue weighted by molar-refractivity contribution is 0.102. The van der Waals surface area contributed by atoms with Crippen LogP contribution in [0.15, 0.2) is 60.1 Å². The van der Waals surface area contributed by atoms with E-state index in [1.807, 2.05) is 68.0 Å². The predicted octanol–water partition coefficient (Wildman–Crippen LogP) is 4.12. The molecule has 24 heavy (non-hydrogen) atoms. The minimum absolute atomic E-state index is 0.103. The number of anilines is 1. The lowest BCUT2D eigenvalue weighted by Gasteiger charge is -2.10. The highest BCUT2D eigenvalue weighted by molar-refractivity contribution is 7.13. The summed E-state index contributed by atoms with van der Waals surface area (Å²) in [5.41, 5.74) is 3.67. The molecule has 3 rings (SSSR count). The average Bonchev–Trinajstić information content (AvgIpc) is 3.10. The van der Waals surface area contributed by atoms with Crippen molar-refractivity contribution in [3.63, 3.8) is 0 Å². The Morgan fingerprint density at radius 1 is 1.08 bits per heavy atom. The maximum Gasteiger partial charge on any atom is 0.255 e. The molecule has 122 valence electrons. The SMILES string of the molecule is CN(C)Cc1ccc(C(=O)Nc2ccc(-c3nccs3)cc2)cc1. The summed E-state index contributed by atoms with van der Waals surface area (Å²) in [5, 5.41) is 5.85. The third-order valence-electron chi connectivity index (χ3n) is 3.54. The van der Waals surface area contributed by atoms with Gasteiger partial charge in [-0.15, -0.1) is 11.3 Å². The van der Waals surface area contributed by atoms with Gasteiger partial charge in [-0.3, -0.25) is 4.79 Å². The first kappa shape index (κ1) is 16.4. The maximum atomic E-state index is 12.3. The standard InChI is InChI=1S/C19H19N3OS/c1-22(2)13-14-3-5-15(6-4-14)18(23)21-17-9-7-16(8-10-17)19-20-11-12-24-19/h3-12H,13H2,1-2H3,(H,21,23). The fourth-order valence-electron chi connectivity index (χ4n) is 2.39. The van der Waals surface area contributed by atoms with Crippen LogP contribution in [0.1, 0.15) is 15.9 Å². The van der Waals surface area contributed by atoms with Gasteiger partial charge in [0, 0.05) is 34.9 Å². The van der Waals surface area contributed by atoms with Crippen molar-refractivity contribution >= 4 is 22.9 Å². The van der Waals surface area contributed by atoms with Gasteiger partial charge in [0.1, 0.15) is 5.01 Å². The molecule has 0 unspecified atom stereocenters. The Labute approximate surface area is 145 Å². The van der Waals surface area contributed by atoms with Gasteiger partial charge in [0.05, 0.1) is 0 Å². The van der Waals surface area contributed by atoms with E-state index < -0.39 is 0 Å². The summed E-state index contributed by atoms with van der Waals surface area (Å²) in [6.45, 7) is 0.861. The van der Waals surface area contributed by atoms with Gasteiger partial charge in [0.15, 0.2) is 0 Å². The summed E-state index contributed by atoms with van der Waals surface area (Å²) in [7, 11) is 4.05. The molecule has 0 aliphatic carbocycles. The number of amides is 1. The molecular formula is C19H19N3OS. The smallest absolute Gasteiger partial charge is 0.255 e. The van der Waals surface area contributed by atoms with Crippen molar-refractivity contribution in [2.24, 2.45) is 0 Å². The molecule has 2 aromatic carbocycles. The number of benzene rings is 2. The molecule has 0 spiro atoms. The zero-order valence-corrected chi connectivity index (χ0v) is 14.5. The van der Waals surface area contributed by atoms with Crippen LogP contribution in [0.25, 0.3) is 10.6 Å². The summed E-state index contributed by atoms with van der Waals surface area (Å²) in [6.07, 6.45) is 1.79. The molecule has 1 aromatic heterocycles. The van der Waals surface area contributed by atoms with Gasteiger partial charge in [0.25, 0.3) is 5.91 Å². The van der Waals surface area contributed by atoms with Crippen molar-refractivity contribution in [3.05, 3.63) is 71.2 Å². The van der Waals surface area contributed by atoms with E-state index in [9.17, 15) is 4.79 Å². The molecule has 0 atom stereocenters. The number of carbonyl (C=O) groups is 1. The first-order valence-electron chi connectivity index (χ1n) is 7.67. The molecule has 1 heterocycles. The van der Waals surface area contributed by atoms with Crippen molar-refractivity contribution < 1.29 is 4.79 Å². The number of nitrogens with one attached hydrogen (secondary N) is 1. The van der Waals surface area contributed by atoms with Crippen LogP contribution in [-0.2, 0) is 6.54 Å². The van der Waals surface area contributed by atoms with E-state index in [1.54, 1.807) is 17.5 Å². The minimum Gasteiger partial charge on any atom is -0.322 e. The molecular weight excluding hydrogens is 318 g/mol. The number of aromatic nitrogens is 1. The number of rotatable bonds is 5. The zero-order chi connectivity index (χ0) is 16.9.